The second kappa shape index (κ2) is 6.62. The van der Waals surface area contributed by atoms with Gasteiger partial charge in [0.15, 0.2) is 5.82 Å². The van der Waals surface area contributed by atoms with Crippen LogP contribution >= 0.6 is 0 Å². The van der Waals surface area contributed by atoms with Crippen LogP contribution in [0.4, 0.5) is 11.5 Å². The van der Waals surface area contributed by atoms with E-state index in [1.165, 1.54) is 25.7 Å². The molecule has 5 nitrogen and oxygen atoms in total. The van der Waals surface area contributed by atoms with Crippen LogP contribution in [-0.2, 0) is 4.74 Å². The monoisotopic (exact) mass is 290 g/mol. The Morgan fingerprint density at radius 2 is 2.05 bits per heavy atom. The number of rotatable bonds is 3. The summed E-state index contributed by atoms with van der Waals surface area (Å²) in [4.78, 5) is 9.36. The van der Waals surface area contributed by atoms with Gasteiger partial charge >= 0.3 is 0 Å². The Kier molecular flexibility index (Phi) is 4.60. The maximum atomic E-state index is 6.03. The van der Waals surface area contributed by atoms with E-state index in [9.17, 15) is 0 Å². The molecule has 21 heavy (non-hydrogen) atoms. The Morgan fingerprint density at radius 3 is 2.76 bits per heavy atom. The van der Waals surface area contributed by atoms with E-state index < -0.39 is 0 Å². The summed E-state index contributed by atoms with van der Waals surface area (Å²) in [6.07, 6.45) is 7.28. The highest BCUT2D eigenvalue weighted by Gasteiger charge is 2.29. The minimum atomic E-state index is 0.452. The number of nitrogens with zero attached hydrogens (tertiary/aromatic N) is 3. The molecule has 0 amide bonds. The molecule has 5 heteroatoms. The van der Waals surface area contributed by atoms with Crippen molar-refractivity contribution in [2.45, 2.75) is 37.8 Å². The highest BCUT2D eigenvalue weighted by atomic mass is 16.5. The molecule has 1 aromatic rings. The second-order valence-electron chi connectivity index (χ2n) is 6.12. The quantitative estimate of drug-likeness (QED) is 0.919. The molecule has 1 saturated heterocycles. The Morgan fingerprint density at radius 1 is 1.24 bits per heavy atom. The lowest BCUT2D eigenvalue weighted by Gasteiger charge is -2.42. The molecule has 116 valence electrons. The van der Waals surface area contributed by atoms with Gasteiger partial charge in [0.2, 0.25) is 0 Å². The van der Waals surface area contributed by atoms with Crippen LogP contribution in [0.5, 0.6) is 0 Å². The van der Waals surface area contributed by atoms with E-state index in [1.807, 2.05) is 25.4 Å². The van der Waals surface area contributed by atoms with Crippen LogP contribution in [0.2, 0.25) is 0 Å². The van der Waals surface area contributed by atoms with Gasteiger partial charge in [-0.15, -0.1) is 0 Å². The first kappa shape index (κ1) is 14.6. The number of hydrogen-bond acceptors (Lipinski definition) is 5. The molecule has 2 heterocycles. The molecule has 2 fully saturated rings. The van der Waals surface area contributed by atoms with E-state index in [0.29, 0.717) is 12.1 Å². The Hall–Kier alpha value is -1.33. The predicted molar refractivity (Wildman–Crippen MR) is 85.5 cm³/mol. The Labute approximate surface area is 127 Å². The van der Waals surface area contributed by atoms with Gasteiger partial charge in [-0.1, -0.05) is 0 Å². The average molecular weight is 290 g/mol. The molecule has 2 aliphatic rings. The number of pyridine rings is 1. The molecule has 1 aliphatic heterocycles. The van der Waals surface area contributed by atoms with Crippen molar-refractivity contribution in [3.8, 4) is 0 Å². The number of methoxy groups -OCH3 is 1. The molecule has 0 spiro atoms. The van der Waals surface area contributed by atoms with Crippen molar-refractivity contribution in [2.24, 2.45) is 0 Å². The van der Waals surface area contributed by atoms with Gasteiger partial charge in [-0.25, -0.2) is 4.98 Å². The Balaban J connectivity index is 1.57. The first-order valence-corrected chi connectivity index (χ1v) is 8.00. The Bertz CT molecular complexity index is 459. The summed E-state index contributed by atoms with van der Waals surface area (Å²) in [7, 11) is 1.84. The molecule has 2 N–H and O–H groups in total. The van der Waals surface area contributed by atoms with E-state index in [4.69, 9.17) is 10.5 Å². The van der Waals surface area contributed by atoms with Crippen molar-refractivity contribution in [1.29, 1.82) is 0 Å². The maximum absolute atomic E-state index is 6.03. The number of nitrogens with two attached hydrogens (primary N) is 1. The number of hydrogen-bond donors (Lipinski definition) is 1. The van der Waals surface area contributed by atoms with Gasteiger partial charge in [0, 0.05) is 45.5 Å². The zero-order chi connectivity index (χ0) is 14.7. The van der Waals surface area contributed by atoms with Crippen LogP contribution in [0.15, 0.2) is 18.3 Å². The number of ether oxygens (including phenoxy) is 1. The largest absolute Gasteiger partial charge is 0.396 e. The predicted octanol–water partition coefficient (Wildman–Crippen LogP) is 1.74. The summed E-state index contributed by atoms with van der Waals surface area (Å²) >= 11 is 0. The van der Waals surface area contributed by atoms with Gasteiger partial charge in [0.05, 0.1) is 11.8 Å². The van der Waals surface area contributed by atoms with Gasteiger partial charge in [-0.05, 0) is 37.8 Å². The number of aromatic nitrogens is 1. The number of anilines is 2. The summed E-state index contributed by atoms with van der Waals surface area (Å²) in [5, 5.41) is 0. The van der Waals surface area contributed by atoms with Crippen LogP contribution in [-0.4, -0.2) is 55.3 Å². The normalized spacial score (nSPS) is 27.8. The minimum Gasteiger partial charge on any atom is -0.396 e. The maximum Gasteiger partial charge on any atom is 0.151 e. The topological polar surface area (TPSA) is 54.6 Å². The molecule has 2 atom stereocenters. The molecule has 1 aromatic heterocycles. The van der Waals surface area contributed by atoms with Crippen molar-refractivity contribution in [3.05, 3.63) is 18.3 Å². The lowest BCUT2D eigenvalue weighted by molar-refractivity contribution is 0.0264. The van der Waals surface area contributed by atoms with Crippen LogP contribution in [0.25, 0.3) is 0 Å². The molecule has 1 aliphatic carbocycles. The fourth-order valence-corrected chi connectivity index (χ4v) is 3.64. The van der Waals surface area contributed by atoms with Crippen molar-refractivity contribution < 1.29 is 4.74 Å². The fourth-order valence-electron chi connectivity index (χ4n) is 3.64. The summed E-state index contributed by atoms with van der Waals surface area (Å²) in [6.45, 7) is 4.21. The SMILES string of the molecule is COC1CCCC(N2CCN(c3ncccc3N)CC2)C1. The summed E-state index contributed by atoms with van der Waals surface area (Å²) < 4.78 is 5.55. The van der Waals surface area contributed by atoms with Crippen molar-refractivity contribution in [3.63, 3.8) is 0 Å². The van der Waals surface area contributed by atoms with Gasteiger partial charge in [-0.2, -0.15) is 0 Å². The van der Waals surface area contributed by atoms with Gasteiger partial charge in [0.1, 0.15) is 0 Å². The zero-order valence-corrected chi connectivity index (χ0v) is 12.9. The van der Waals surface area contributed by atoms with E-state index in [0.717, 1.165) is 37.7 Å². The van der Waals surface area contributed by atoms with Crippen LogP contribution in [0.3, 0.4) is 0 Å². The molecule has 1 saturated carbocycles. The summed E-state index contributed by atoms with van der Waals surface area (Å²) in [5.74, 6) is 0.940. The average Bonchev–Trinajstić information content (AvgIpc) is 2.56. The highest BCUT2D eigenvalue weighted by molar-refractivity contribution is 5.62. The van der Waals surface area contributed by atoms with Crippen LogP contribution in [0.1, 0.15) is 25.7 Å². The molecule has 0 aromatic carbocycles. The van der Waals surface area contributed by atoms with Crippen molar-refractivity contribution >= 4 is 11.5 Å². The second-order valence-corrected chi connectivity index (χ2v) is 6.12. The van der Waals surface area contributed by atoms with Crippen molar-refractivity contribution in [1.82, 2.24) is 9.88 Å². The molecular formula is C16H26N4O. The summed E-state index contributed by atoms with van der Waals surface area (Å²) in [6, 6.07) is 4.51. The van der Waals surface area contributed by atoms with Gasteiger partial charge < -0.3 is 15.4 Å². The van der Waals surface area contributed by atoms with E-state index in [1.54, 1.807) is 0 Å². The summed E-state index contributed by atoms with van der Waals surface area (Å²) in [5.41, 5.74) is 6.81. The fraction of sp³-hybridized carbons (Fsp3) is 0.688. The van der Waals surface area contributed by atoms with Crippen LogP contribution < -0.4 is 10.6 Å². The highest BCUT2D eigenvalue weighted by Crippen LogP contribution is 2.27. The molecular weight excluding hydrogens is 264 g/mol. The molecule has 2 unspecified atom stereocenters. The van der Waals surface area contributed by atoms with Crippen molar-refractivity contribution in [2.75, 3.05) is 43.9 Å². The first-order chi connectivity index (χ1) is 10.3. The smallest absolute Gasteiger partial charge is 0.151 e. The molecule has 0 radical (unpaired) electrons. The van der Waals surface area contributed by atoms with E-state index in [-0.39, 0.29) is 0 Å². The number of piperazine rings is 1. The molecule has 3 rings (SSSR count). The zero-order valence-electron chi connectivity index (χ0n) is 12.9. The molecule has 0 bridgehead atoms. The third-order valence-electron chi connectivity index (χ3n) is 4.88. The van der Waals surface area contributed by atoms with E-state index >= 15 is 0 Å². The third-order valence-corrected chi connectivity index (χ3v) is 4.88. The van der Waals surface area contributed by atoms with Gasteiger partial charge in [-0.3, -0.25) is 4.90 Å². The first-order valence-electron chi connectivity index (χ1n) is 8.00. The van der Waals surface area contributed by atoms with Crippen LogP contribution in [0, 0.1) is 0 Å². The number of nitrogen functional groups attached to an aromatic ring is 1. The standard InChI is InChI=1S/C16H26N4O/c1-21-14-5-2-4-13(12-14)19-8-10-20(11-9-19)16-15(17)6-3-7-18-16/h3,6-7,13-14H,2,4-5,8-12,17H2,1H3. The van der Waals surface area contributed by atoms with Gasteiger partial charge in [0.25, 0.3) is 0 Å². The third kappa shape index (κ3) is 3.30. The van der Waals surface area contributed by atoms with E-state index in [2.05, 4.69) is 14.8 Å². The lowest BCUT2D eigenvalue weighted by Crippen LogP contribution is -2.52. The minimum absolute atomic E-state index is 0.452. The lowest BCUT2D eigenvalue weighted by atomic mass is 9.91.